The van der Waals surface area contributed by atoms with Crippen molar-refractivity contribution >= 4 is 0 Å². The van der Waals surface area contributed by atoms with E-state index in [0.717, 1.165) is 31.6 Å². The molecular formula is C22H34F4. The summed E-state index contributed by atoms with van der Waals surface area (Å²) in [5.41, 5.74) is -4.33. The Balaban J connectivity index is 1.89. The highest BCUT2D eigenvalue weighted by molar-refractivity contribution is 5.28. The molecule has 0 amide bonds. The van der Waals surface area contributed by atoms with E-state index in [4.69, 9.17) is 0 Å². The minimum absolute atomic E-state index is 0.00855. The maximum atomic E-state index is 15.8. The van der Waals surface area contributed by atoms with Crippen molar-refractivity contribution < 1.29 is 17.6 Å². The zero-order valence-electron chi connectivity index (χ0n) is 16.5. The molecule has 3 aliphatic rings. The maximum Gasteiger partial charge on any atom is 0.415 e. The zero-order valence-corrected chi connectivity index (χ0v) is 16.5. The number of alkyl halides is 4. The van der Waals surface area contributed by atoms with Crippen LogP contribution in [0.4, 0.5) is 17.6 Å². The fourth-order valence-electron chi connectivity index (χ4n) is 7.23. The molecule has 0 spiro atoms. The largest absolute Gasteiger partial charge is 0.415 e. The summed E-state index contributed by atoms with van der Waals surface area (Å²) in [6, 6.07) is 0. The Morgan fingerprint density at radius 3 is 2.31 bits per heavy atom. The van der Waals surface area contributed by atoms with E-state index in [1.54, 1.807) is 6.92 Å². The van der Waals surface area contributed by atoms with E-state index in [1.807, 2.05) is 0 Å². The summed E-state index contributed by atoms with van der Waals surface area (Å²) in [6.07, 6.45) is 3.17. The van der Waals surface area contributed by atoms with Crippen LogP contribution in [0.2, 0.25) is 0 Å². The Bertz CT molecular complexity index is 539. The van der Waals surface area contributed by atoms with Gasteiger partial charge in [0.25, 0.3) is 0 Å². The SMILES string of the molecule is C=C(C(F)(F)F)C1(F)CCC2C3CCC(CC)C(CCC)C3CCC21C. The van der Waals surface area contributed by atoms with Crippen LogP contribution in [0.5, 0.6) is 0 Å². The second kappa shape index (κ2) is 6.81. The first kappa shape index (κ1) is 20.2. The first-order valence-electron chi connectivity index (χ1n) is 10.6. The molecule has 4 heteroatoms. The molecule has 0 radical (unpaired) electrons. The fraction of sp³-hybridized carbons (Fsp3) is 0.909. The zero-order chi connectivity index (χ0) is 19.3. The first-order valence-corrected chi connectivity index (χ1v) is 10.6. The summed E-state index contributed by atoms with van der Waals surface area (Å²) in [7, 11) is 0. The molecular weight excluding hydrogens is 340 g/mol. The van der Waals surface area contributed by atoms with Crippen LogP contribution in [0.1, 0.15) is 78.6 Å². The molecule has 3 saturated carbocycles. The molecule has 150 valence electrons. The first-order chi connectivity index (χ1) is 12.1. The minimum atomic E-state index is -4.64. The third-order valence-electron chi connectivity index (χ3n) is 8.58. The van der Waals surface area contributed by atoms with Crippen LogP contribution in [0.3, 0.4) is 0 Å². The van der Waals surface area contributed by atoms with E-state index in [-0.39, 0.29) is 12.3 Å². The van der Waals surface area contributed by atoms with Gasteiger partial charge in [-0.3, -0.25) is 0 Å². The number of allylic oxidation sites excluding steroid dienone is 1. The van der Waals surface area contributed by atoms with Gasteiger partial charge in [-0.2, -0.15) is 13.2 Å². The topological polar surface area (TPSA) is 0 Å². The van der Waals surface area contributed by atoms with Gasteiger partial charge >= 0.3 is 6.18 Å². The molecule has 0 heterocycles. The van der Waals surface area contributed by atoms with Gasteiger partial charge < -0.3 is 0 Å². The Morgan fingerprint density at radius 2 is 1.73 bits per heavy atom. The second-order valence-corrected chi connectivity index (χ2v) is 9.40. The molecule has 0 aliphatic heterocycles. The highest BCUT2D eigenvalue weighted by Gasteiger charge is 2.67. The summed E-state index contributed by atoms with van der Waals surface area (Å²) >= 11 is 0. The molecule has 7 unspecified atom stereocenters. The van der Waals surface area contributed by atoms with Gasteiger partial charge in [-0.05, 0) is 68.1 Å². The Hall–Kier alpha value is -0.540. The summed E-state index contributed by atoms with van der Waals surface area (Å²) in [5.74, 6) is 2.46. The summed E-state index contributed by atoms with van der Waals surface area (Å²) in [4.78, 5) is 0. The monoisotopic (exact) mass is 374 g/mol. The standard InChI is InChI=1S/C22H34F4/c1-5-7-16-15(6-2)8-9-18-17(16)10-12-20(4)19(18)11-13-21(20,23)14(3)22(24,25)26/h15-19H,3,5-13H2,1-2,4H3. The lowest BCUT2D eigenvalue weighted by Gasteiger charge is -2.56. The van der Waals surface area contributed by atoms with Crippen molar-refractivity contribution in [1.29, 1.82) is 0 Å². The van der Waals surface area contributed by atoms with Gasteiger partial charge in [-0.1, -0.05) is 46.6 Å². The van der Waals surface area contributed by atoms with Crippen molar-refractivity contribution in [2.75, 3.05) is 0 Å². The van der Waals surface area contributed by atoms with Crippen LogP contribution in [0.25, 0.3) is 0 Å². The van der Waals surface area contributed by atoms with E-state index >= 15 is 4.39 Å². The Kier molecular flexibility index (Phi) is 5.29. The van der Waals surface area contributed by atoms with Gasteiger partial charge in [0, 0.05) is 5.41 Å². The van der Waals surface area contributed by atoms with Crippen molar-refractivity contribution in [3.63, 3.8) is 0 Å². The molecule has 3 fully saturated rings. The molecule has 0 N–H and O–H groups in total. The van der Waals surface area contributed by atoms with Crippen molar-refractivity contribution in [2.45, 2.75) is 90.4 Å². The summed E-state index contributed by atoms with van der Waals surface area (Å²) in [5, 5.41) is 0. The number of fused-ring (bicyclic) bond motifs is 3. The molecule has 0 aromatic heterocycles. The average molecular weight is 375 g/mol. The van der Waals surface area contributed by atoms with Gasteiger partial charge in [0.05, 0.1) is 5.57 Å². The van der Waals surface area contributed by atoms with E-state index < -0.39 is 22.8 Å². The number of hydrogen-bond donors (Lipinski definition) is 0. The lowest BCUT2D eigenvalue weighted by molar-refractivity contribution is -0.137. The van der Waals surface area contributed by atoms with Crippen LogP contribution in [-0.2, 0) is 0 Å². The molecule has 0 aromatic rings. The van der Waals surface area contributed by atoms with E-state index in [1.165, 1.54) is 12.8 Å². The van der Waals surface area contributed by atoms with E-state index in [9.17, 15) is 13.2 Å². The van der Waals surface area contributed by atoms with Gasteiger partial charge in [0.2, 0.25) is 0 Å². The molecule has 0 aromatic carbocycles. The molecule has 0 nitrogen and oxygen atoms in total. The van der Waals surface area contributed by atoms with Crippen molar-refractivity contribution in [1.82, 2.24) is 0 Å². The third kappa shape index (κ3) is 2.85. The van der Waals surface area contributed by atoms with Crippen molar-refractivity contribution in [2.24, 2.45) is 35.0 Å². The van der Waals surface area contributed by atoms with Crippen LogP contribution in [0, 0.1) is 35.0 Å². The van der Waals surface area contributed by atoms with Crippen molar-refractivity contribution in [3.8, 4) is 0 Å². The van der Waals surface area contributed by atoms with Gasteiger partial charge in [-0.25, -0.2) is 4.39 Å². The van der Waals surface area contributed by atoms with Crippen LogP contribution in [0.15, 0.2) is 12.2 Å². The minimum Gasteiger partial charge on any atom is -0.238 e. The lowest BCUT2D eigenvalue weighted by atomic mass is 9.50. The smallest absolute Gasteiger partial charge is 0.238 e. The second-order valence-electron chi connectivity index (χ2n) is 9.40. The summed E-state index contributed by atoms with van der Waals surface area (Å²) < 4.78 is 55.8. The average Bonchev–Trinajstić information content (AvgIpc) is 2.86. The number of hydrogen-bond acceptors (Lipinski definition) is 0. The van der Waals surface area contributed by atoms with Gasteiger partial charge in [-0.15, -0.1) is 0 Å². The third-order valence-corrected chi connectivity index (χ3v) is 8.58. The molecule has 3 rings (SSSR count). The quantitative estimate of drug-likeness (QED) is 0.353. The molecule has 0 bridgehead atoms. The number of rotatable bonds is 4. The molecule has 26 heavy (non-hydrogen) atoms. The summed E-state index contributed by atoms with van der Waals surface area (Å²) in [6.45, 7) is 9.46. The molecule has 0 saturated heterocycles. The lowest BCUT2D eigenvalue weighted by Crippen LogP contribution is -2.53. The maximum absolute atomic E-state index is 15.8. The molecule has 3 aliphatic carbocycles. The number of halogens is 4. The highest BCUT2D eigenvalue weighted by Crippen LogP contribution is 2.68. The van der Waals surface area contributed by atoms with E-state index in [0.29, 0.717) is 30.6 Å². The van der Waals surface area contributed by atoms with Crippen LogP contribution < -0.4 is 0 Å². The predicted octanol–water partition coefficient (Wildman–Crippen LogP) is 7.49. The Morgan fingerprint density at radius 1 is 1.04 bits per heavy atom. The van der Waals surface area contributed by atoms with Crippen molar-refractivity contribution in [3.05, 3.63) is 12.2 Å². The fourth-order valence-corrected chi connectivity index (χ4v) is 7.23. The Labute approximate surface area is 155 Å². The predicted molar refractivity (Wildman–Crippen MR) is 97.5 cm³/mol. The normalized spacial score (nSPS) is 45.9. The van der Waals surface area contributed by atoms with Crippen LogP contribution in [-0.4, -0.2) is 11.8 Å². The highest BCUT2D eigenvalue weighted by atomic mass is 19.4. The van der Waals surface area contributed by atoms with E-state index in [2.05, 4.69) is 20.4 Å². The van der Waals surface area contributed by atoms with Gasteiger partial charge in [0.15, 0.2) is 0 Å². The van der Waals surface area contributed by atoms with Crippen LogP contribution >= 0.6 is 0 Å². The van der Waals surface area contributed by atoms with Gasteiger partial charge in [0.1, 0.15) is 5.67 Å². The molecule has 7 atom stereocenters.